The zero-order valence-electron chi connectivity index (χ0n) is 12.2. The highest BCUT2D eigenvalue weighted by molar-refractivity contribution is 5.17. The largest absolute Gasteiger partial charge is 0.388 e. The van der Waals surface area contributed by atoms with Crippen molar-refractivity contribution in [2.75, 3.05) is 6.54 Å². The highest BCUT2D eigenvalue weighted by Crippen LogP contribution is 2.28. The lowest BCUT2D eigenvalue weighted by Crippen LogP contribution is -2.30. The average molecular weight is 282 g/mol. The summed E-state index contributed by atoms with van der Waals surface area (Å²) in [4.78, 5) is 6.66. The fraction of sp³-hybridized carbons (Fsp3) is 0.389. The van der Waals surface area contributed by atoms with E-state index >= 15 is 0 Å². The van der Waals surface area contributed by atoms with Crippen LogP contribution in [0.3, 0.4) is 0 Å². The van der Waals surface area contributed by atoms with Gasteiger partial charge in [0.25, 0.3) is 0 Å². The summed E-state index contributed by atoms with van der Waals surface area (Å²) in [6, 6.07) is 14.5. The second kappa shape index (κ2) is 6.83. The second-order valence-corrected chi connectivity index (χ2v) is 5.79. The first-order valence-corrected chi connectivity index (χ1v) is 7.69. The predicted molar refractivity (Wildman–Crippen MR) is 83.7 cm³/mol. The number of aliphatic hydroxyl groups excluding tert-OH is 1. The molecule has 1 aromatic carbocycles. The number of rotatable bonds is 5. The zero-order valence-corrected chi connectivity index (χ0v) is 12.2. The minimum atomic E-state index is -0.370. The number of nitrogens with zero attached hydrogens (tertiary/aromatic N) is 2. The van der Waals surface area contributed by atoms with Crippen molar-refractivity contribution in [3.63, 3.8) is 0 Å². The van der Waals surface area contributed by atoms with E-state index in [4.69, 9.17) is 0 Å². The minimum Gasteiger partial charge on any atom is -0.388 e. The van der Waals surface area contributed by atoms with Gasteiger partial charge in [-0.1, -0.05) is 36.4 Å². The molecule has 110 valence electrons. The summed E-state index contributed by atoms with van der Waals surface area (Å²) in [6.07, 6.45) is 6.57. The van der Waals surface area contributed by atoms with Gasteiger partial charge >= 0.3 is 0 Å². The smallest absolute Gasteiger partial charge is 0.0805 e. The van der Waals surface area contributed by atoms with Crippen molar-refractivity contribution in [2.45, 2.75) is 38.0 Å². The molecular formula is C18H22N2O. The van der Waals surface area contributed by atoms with Gasteiger partial charge in [0, 0.05) is 25.0 Å². The van der Waals surface area contributed by atoms with Gasteiger partial charge < -0.3 is 5.11 Å². The number of aromatic nitrogens is 1. The quantitative estimate of drug-likeness (QED) is 0.915. The molecule has 3 nitrogen and oxygen atoms in total. The van der Waals surface area contributed by atoms with Crippen molar-refractivity contribution in [1.29, 1.82) is 0 Å². The van der Waals surface area contributed by atoms with Gasteiger partial charge in [0.1, 0.15) is 0 Å². The molecule has 0 unspecified atom stereocenters. The maximum Gasteiger partial charge on any atom is 0.0805 e. The maximum absolute atomic E-state index is 10.4. The lowest BCUT2D eigenvalue weighted by Gasteiger charge is -2.26. The highest BCUT2D eigenvalue weighted by atomic mass is 16.3. The van der Waals surface area contributed by atoms with E-state index in [2.05, 4.69) is 16.0 Å². The molecule has 1 aliphatic rings. The molecule has 3 rings (SSSR count). The fourth-order valence-corrected chi connectivity index (χ4v) is 3.17. The fourth-order valence-electron chi connectivity index (χ4n) is 3.17. The van der Waals surface area contributed by atoms with Crippen LogP contribution in [0.1, 0.15) is 36.5 Å². The maximum atomic E-state index is 10.4. The lowest BCUT2D eigenvalue weighted by atomic mass is 10.0. The molecule has 2 aromatic rings. The Morgan fingerprint density at radius 1 is 1.19 bits per heavy atom. The van der Waals surface area contributed by atoms with Crippen LogP contribution in [0.25, 0.3) is 0 Å². The molecule has 21 heavy (non-hydrogen) atoms. The summed E-state index contributed by atoms with van der Waals surface area (Å²) >= 11 is 0. The van der Waals surface area contributed by atoms with Crippen LogP contribution in [0.2, 0.25) is 0 Å². The molecule has 0 amide bonds. The molecular weight excluding hydrogens is 260 g/mol. The van der Waals surface area contributed by atoms with Gasteiger partial charge in [-0.2, -0.15) is 0 Å². The Morgan fingerprint density at radius 3 is 2.81 bits per heavy atom. The molecule has 1 N–H and O–H groups in total. The molecule has 3 heteroatoms. The van der Waals surface area contributed by atoms with Gasteiger partial charge in [-0.15, -0.1) is 0 Å². The average Bonchev–Trinajstić information content (AvgIpc) is 2.96. The third-order valence-electron chi connectivity index (χ3n) is 4.29. The van der Waals surface area contributed by atoms with Crippen molar-refractivity contribution < 1.29 is 5.11 Å². The molecule has 0 saturated carbocycles. The van der Waals surface area contributed by atoms with Crippen molar-refractivity contribution in [2.24, 2.45) is 0 Å². The van der Waals surface area contributed by atoms with Crippen molar-refractivity contribution in [1.82, 2.24) is 9.88 Å². The lowest BCUT2D eigenvalue weighted by molar-refractivity contribution is 0.118. The molecule has 0 spiro atoms. The van der Waals surface area contributed by atoms with E-state index in [1.54, 1.807) is 0 Å². The summed E-state index contributed by atoms with van der Waals surface area (Å²) in [5.74, 6) is 0. The van der Waals surface area contributed by atoms with Crippen molar-refractivity contribution in [3.8, 4) is 0 Å². The monoisotopic (exact) mass is 282 g/mol. The van der Waals surface area contributed by atoms with Crippen LogP contribution in [-0.4, -0.2) is 27.6 Å². The summed E-state index contributed by atoms with van der Waals surface area (Å²) in [7, 11) is 0. The standard InChI is InChI=1S/C18H22N2O/c21-18(16-7-2-1-3-8-16)12-17-9-5-11-20(17)14-15-6-4-10-19-13-15/h1-4,6-8,10,13,17-18,21H,5,9,11-12,14H2/t17-,18+/m1/s1. The van der Waals surface area contributed by atoms with Gasteiger partial charge in [0.15, 0.2) is 0 Å². The second-order valence-electron chi connectivity index (χ2n) is 5.79. The van der Waals surface area contributed by atoms with E-state index in [-0.39, 0.29) is 6.10 Å². The minimum absolute atomic E-state index is 0.370. The van der Waals surface area contributed by atoms with E-state index in [0.29, 0.717) is 6.04 Å². The Morgan fingerprint density at radius 2 is 2.05 bits per heavy atom. The van der Waals surface area contributed by atoms with Gasteiger partial charge in [-0.25, -0.2) is 0 Å². The molecule has 1 aliphatic heterocycles. The Balaban J connectivity index is 1.62. The summed E-state index contributed by atoms with van der Waals surface area (Å²) in [6.45, 7) is 2.04. The SMILES string of the molecule is O[C@@H](C[C@H]1CCCN1Cc1cccnc1)c1ccccc1. The molecule has 1 saturated heterocycles. The summed E-state index contributed by atoms with van der Waals surface area (Å²) in [5, 5.41) is 10.4. The Kier molecular flexibility index (Phi) is 4.63. The van der Waals surface area contributed by atoms with Gasteiger partial charge in [-0.05, 0) is 43.0 Å². The van der Waals surface area contributed by atoms with Crippen LogP contribution < -0.4 is 0 Å². The number of aliphatic hydroxyl groups is 1. The first-order chi connectivity index (χ1) is 10.3. The molecule has 2 heterocycles. The van der Waals surface area contributed by atoms with Crippen LogP contribution in [0.5, 0.6) is 0 Å². The van der Waals surface area contributed by atoms with E-state index in [0.717, 1.165) is 25.1 Å². The van der Waals surface area contributed by atoms with Crippen LogP contribution in [-0.2, 0) is 6.54 Å². The normalized spacial score (nSPS) is 20.5. The molecule has 0 bridgehead atoms. The Bertz CT molecular complexity index is 544. The van der Waals surface area contributed by atoms with Crippen LogP contribution in [0, 0.1) is 0 Å². The van der Waals surface area contributed by atoms with Gasteiger partial charge in [0.2, 0.25) is 0 Å². The van der Waals surface area contributed by atoms with Crippen LogP contribution >= 0.6 is 0 Å². The number of pyridine rings is 1. The van der Waals surface area contributed by atoms with E-state index in [9.17, 15) is 5.11 Å². The van der Waals surface area contributed by atoms with Crippen LogP contribution in [0.15, 0.2) is 54.9 Å². The first kappa shape index (κ1) is 14.2. The summed E-state index contributed by atoms with van der Waals surface area (Å²) in [5.41, 5.74) is 2.27. The Labute approximate surface area is 126 Å². The van der Waals surface area contributed by atoms with E-state index in [1.807, 2.05) is 48.8 Å². The van der Waals surface area contributed by atoms with Crippen molar-refractivity contribution in [3.05, 3.63) is 66.0 Å². The summed E-state index contributed by atoms with van der Waals surface area (Å²) < 4.78 is 0. The molecule has 2 atom stereocenters. The van der Waals surface area contributed by atoms with E-state index in [1.165, 1.54) is 18.4 Å². The number of benzene rings is 1. The first-order valence-electron chi connectivity index (χ1n) is 7.69. The topological polar surface area (TPSA) is 36.4 Å². The number of likely N-dealkylation sites (tertiary alicyclic amines) is 1. The zero-order chi connectivity index (χ0) is 14.5. The van der Waals surface area contributed by atoms with Crippen molar-refractivity contribution >= 4 is 0 Å². The highest BCUT2D eigenvalue weighted by Gasteiger charge is 2.27. The molecule has 0 radical (unpaired) electrons. The third kappa shape index (κ3) is 3.69. The van der Waals surface area contributed by atoms with Crippen LogP contribution in [0.4, 0.5) is 0 Å². The van der Waals surface area contributed by atoms with E-state index < -0.39 is 0 Å². The third-order valence-corrected chi connectivity index (χ3v) is 4.29. The predicted octanol–water partition coefficient (Wildman–Crippen LogP) is 3.17. The number of hydrogen-bond acceptors (Lipinski definition) is 3. The molecule has 1 fully saturated rings. The van der Waals surface area contributed by atoms with Gasteiger partial charge in [-0.3, -0.25) is 9.88 Å². The molecule has 0 aliphatic carbocycles. The molecule has 1 aromatic heterocycles. The van der Waals surface area contributed by atoms with Gasteiger partial charge in [0.05, 0.1) is 6.10 Å². The Hall–Kier alpha value is -1.71. The number of hydrogen-bond donors (Lipinski definition) is 1.